The number of methoxy groups -OCH3 is 1. The third kappa shape index (κ3) is 3.49. The number of carboxylic acid groups (broad SMARTS) is 1. The molecule has 154 valence electrons. The van der Waals surface area contributed by atoms with Gasteiger partial charge in [0.25, 0.3) is 0 Å². The first kappa shape index (κ1) is 20.8. The molecule has 2 aliphatic heterocycles. The third-order valence-electron chi connectivity index (χ3n) is 4.98. The number of halogens is 2. The van der Waals surface area contributed by atoms with Crippen LogP contribution >= 0.6 is 35.0 Å². The molecular weight excluding hydrogens is 443 g/mol. The van der Waals surface area contributed by atoms with Gasteiger partial charge in [-0.3, -0.25) is 0 Å². The highest BCUT2D eigenvalue weighted by atomic mass is 35.5. The maximum atomic E-state index is 12.3. The summed E-state index contributed by atoms with van der Waals surface area (Å²) in [5, 5.41) is 11.8. The van der Waals surface area contributed by atoms with Crippen molar-refractivity contribution in [2.24, 2.45) is 4.99 Å². The molecule has 2 aromatic carbocycles. The van der Waals surface area contributed by atoms with Crippen LogP contribution in [-0.2, 0) is 4.79 Å². The molecular formula is C22H18Cl2N2O3S. The van der Waals surface area contributed by atoms with Crippen LogP contribution in [0.15, 0.2) is 64.9 Å². The van der Waals surface area contributed by atoms with E-state index in [2.05, 4.69) is 4.99 Å². The molecule has 0 spiro atoms. The Balaban J connectivity index is 1.91. The van der Waals surface area contributed by atoms with E-state index in [9.17, 15) is 9.90 Å². The summed E-state index contributed by atoms with van der Waals surface area (Å²) in [7, 11) is 1.57. The van der Waals surface area contributed by atoms with E-state index in [0.717, 1.165) is 10.5 Å². The second-order valence-corrected chi connectivity index (χ2v) is 8.48. The molecule has 0 unspecified atom stereocenters. The number of para-hydroxylation sites is 1. The van der Waals surface area contributed by atoms with E-state index in [0.29, 0.717) is 38.6 Å². The van der Waals surface area contributed by atoms with E-state index in [1.54, 1.807) is 25.3 Å². The van der Waals surface area contributed by atoms with Gasteiger partial charge in [-0.1, -0.05) is 54.4 Å². The molecule has 2 aliphatic rings. The van der Waals surface area contributed by atoms with Crippen LogP contribution in [0.2, 0.25) is 10.0 Å². The molecule has 30 heavy (non-hydrogen) atoms. The Labute approximate surface area is 188 Å². The lowest BCUT2D eigenvalue weighted by Crippen LogP contribution is -2.34. The van der Waals surface area contributed by atoms with Crippen molar-refractivity contribution in [2.75, 3.05) is 7.11 Å². The minimum atomic E-state index is -1.01. The smallest absolute Gasteiger partial charge is 0.335 e. The first-order valence-electron chi connectivity index (χ1n) is 9.26. The summed E-state index contributed by atoms with van der Waals surface area (Å²) in [6.07, 6.45) is 2.36. The quantitative estimate of drug-likeness (QED) is 0.574. The fourth-order valence-electron chi connectivity index (χ4n) is 3.65. The molecule has 0 fully saturated rings. The molecule has 0 saturated carbocycles. The molecule has 5 nitrogen and oxygen atoms in total. The first-order valence-corrected chi connectivity index (χ1v) is 10.8. The maximum absolute atomic E-state index is 12.3. The number of hydrogen-bond donors (Lipinski definition) is 1. The lowest BCUT2D eigenvalue weighted by atomic mass is 9.93. The minimum Gasteiger partial charge on any atom is -0.496 e. The Hall–Kier alpha value is -2.41. The number of rotatable bonds is 5. The van der Waals surface area contributed by atoms with Crippen molar-refractivity contribution in [1.29, 1.82) is 0 Å². The highest BCUT2D eigenvalue weighted by molar-refractivity contribution is 8.22. The Kier molecular flexibility index (Phi) is 5.82. The molecule has 0 radical (unpaired) electrons. The van der Waals surface area contributed by atoms with Gasteiger partial charge in [0.1, 0.15) is 5.75 Å². The Bertz CT molecular complexity index is 1110. The fourth-order valence-corrected chi connectivity index (χ4v) is 5.47. The van der Waals surface area contributed by atoms with Crippen molar-refractivity contribution < 1.29 is 14.6 Å². The summed E-state index contributed by atoms with van der Waals surface area (Å²) < 4.78 is 5.54. The lowest BCUT2D eigenvalue weighted by Gasteiger charge is -2.33. The Morgan fingerprint density at radius 2 is 1.90 bits per heavy atom. The number of aliphatic carboxylic acids is 1. The highest BCUT2D eigenvalue weighted by Crippen LogP contribution is 2.50. The van der Waals surface area contributed by atoms with Gasteiger partial charge in [0.15, 0.2) is 5.17 Å². The Morgan fingerprint density at radius 3 is 2.53 bits per heavy atom. The fraction of sp³-hybridized carbons (Fsp3) is 0.182. The zero-order chi connectivity index (χ0) is 21.4. The average Bonchev–Trinajstić information content (AvgIpc) is 3.15. The number of nitrogens with zero attached hydrogens (tertiary/aromatic N) is 2. The number of amidine groups is 1. The van der Waals surface area contributed by atoms with Crippen LogP contribution in [-0.4, -0.2) is 28.3 Å². The minimum absolute atomic E-state index is 0.231. The van der Waals surface area contributed by atoms with Gasteiger partial charge >= 0.3 is 5.97 Å². The predicted octanol–water partition coefficient (Wildman–Crippen LogP) is 6.21. The molecule has 0 bridgehead atoms. The van der Waals surface area contributed by atoms with E-state index in [-0.39, 0.29) is 5.57 Å². The lowest BCUT2D eigenvalue weighted by molar-refractivity contribution is -0.133. The van der Waals surface area contributed by atoms with Crippen molar-refractivity contribution in [3.63, 3.8) is 0 Å². The number of carboxylic acids is 1. The number of allylic oxidation sites excluding steroid dienone is 1. The summed E-state index contributed by atoms with van der Waals surface area (Å²) in [5.41, 5.74) is 2.22. The average molecular weight is 461 g/mol. The highest BCUT2D eigenvalue weighted by Gasteiger charge is 2.40. The number of carbonyl (C=O) groups is 1. The van der Waals surface area contributed by atoms with Gasteiger partial charge in [0.05, 0.1) is 34.5 Å². The zero-order valence-electron chi connectivity index (χ0n) is 16.2. The van der Waals surface area contributed by atoms with Crippen LogP contribution in [0.1, 0.15) is 30.5 Å². The number of hydrogen-bond acceptors (Lipinski definition) is 5. The molecule has 0 aliphatic carbocycles. The van der Waals surface area contributed by atoms with Gasteiger partial charge in [-0.2, -0.15) is 0 Å². The van der Waals surface area contributed by atoms with Crippen LogP contribution in [0, 0.1) is 0 Å². The maximum Gasteiger partial charge on any atom is 0.335 e. The summed E-state index contributed by atoms with van der Waals surface area (Å²) in [6.45, 7) is 1.90. The number of thioether (sulfide) groups is 1. The van der Waals surface area contributed by atoms with Crippen molar-refractivity contribution in [1.82, 2.24) is 4.90 Å². The van der Waals surface area contributed by atoms with Crippen LogP contribution in [0.3, 0.4) is 0 Å². The summed E-state index contributed by atoms with van der Waals surface area (Å²) in [4.78, 5) is 19.6. The van der Waals surface area contributed by atoms with E-state index in [1.807, 2.05) is 42.3 Å². The predicted molar refractivity (Wildman–Crippen MR) is 122 cm³/mol. The van der Waals surface area contributed by atoms with Crippen LogP contribution in [0.5, 0.6) is 5.75 Å². The second-order valence-electron chi connectivity index (χ2n) is 6.66. The number of aliphatic imine (C=N–C) groups is 1. The van der Waals surface area contributed by atoms with Gasteiger partial charge in [-0.25, -0.2) is 9.79 Å². The Morgan fingerprint density at radius 1 is 1.20 bits per heavy atom. The van der Waals surface area contributed by atoms with Crippen molar-refractivity contribution in [3.8, 4) is 5.75 Å². The summed E-state index contributed by atoms with van der Waals surface area (Å²) >= 11 is 14.3. The van der Waals surface area contributed by atoms with Crippen molar-refractivity contribution in [3.05, 3.63) is 81.1 Å². The van der Waals surface area contributed by atoms with E-state index < -0.39 is 12.0 Å². The van der Waals surface area contributed by atoms with E-state index >= 15 is 0 Å². The molecule has 4 rings (SSSR count). The molecule has 8 heteroatoms. The largest absolute Gasteiger partial charge is 0.496 e. The van der Waals surface area contributed by atoms with Crippen molar-refractivity contribution in [2.45, 2.75) is 19.4 Å². The van der Waals surface area contributed by atoms with Gasteiger partial charge in [0, 0.05) is 22.2 Å². The third-order valence-corrected chi connectivity index (χ3v) is 6.62. The second kappa shape index (κ2) is 8.38. The van der Waals surface area contributed by atoms with Gasteiger partial charge < -0.3 is 14.7 Å². The van der Waals surface area contributed by atoms with Crippen molar-refractivity contribution >= 4 is 51.0 Å². The standard InChI is InChI=1S/C22H18Cl2N2O3S/c1-3-15-19(21(27)28)20(12-7-4-5-10-16(12)29-2)26-11-17(30-22(26)25-15)18-13(23)8-6-9-14(18)24/h4-11,20H,3H2,1-2H3,(H,27,28)/t20-/m0/s1. The molecule has 0 aromatic heterocycles. The molecule has 2 aromatic rings. The van der Waals surface area contributed by atoms with Crippen LogP contribution in [0.25, 0.3) is 4.91 Å². The zero-order valence-corrected chi connectivity index (χ0v) is 18.6. The van der Waals surface area contributed by atoms with Crippen LogP contribution < -0.4 is 4.74 Å². The number of fused-ring (bicyclic) bond motifs is 1. The first-order chi connectivity index (χ1) is 14.5. The number of benzene rings is 2. The van der Waals surface area contributed by atoms with Crippen LogP contribution in [0.4, 0.5) is 0 Å². The molecule has 0 saturated heterocycles. The summed E-state index contributed by atoms with van der Waals surface area (Å²) in [6, 6.07) is 12.2. The molecule has 2 heterocycles. The van der Waals surface area contributed by atoms with Gasteiger partial charge in [-0.05, 0) is 36.4 Å². The number of ether oxygens (including phenoxy) is 1. The topological polar surface area (TPSA) is 62.1 Å². The van der Waals surface area contributed by atoms with E-state index in [4.69, 9.17) is 27.9 Å². The SMILES string of the molecule is CCC1=C(C(=O)O)[C@H](c2ccccc2OC)N2C=C(c3c(Cl)cccc3Cl)SC2=N1. The van der Waals surface area contributed by atoms with E-state index in [1.165, 1.54) is 11.8 Å². The normalized spacial score (nSPS) is 18.1. The monoisotopic (exact) mass is 460 g/mol. The molecule has 0 amide bonds. The summed E-state index contributed by atoms with van der Waals surface area (Å²) in [5.74, 6) is -0.395. The molecule has 1 N–H and O–H groups in total. The van der Waals surface area contributed by atoms with Gasteiger partial charge in [-0.15, -0.1) is 0 Å². The van der Waals surface area contributed by atoms with Gasteiger partial charge in [0.2, 0.25) is 0 Å². The molecule has 1 atom stereocenters.